The molecule has 0 aliphatic rings. The lowest BCUT2D eigenvalue weighted by molar-refractivity contribution is 0.500. The van der Waals surface area contributed by atoms with E-state index in [-0.39, 0.29) is 5.82 Å². The second-order valence-corrected chi connectivity index (χ2v) is 3.74. The SMILES string of the molecule is CC(C)(N)c1ccc(CN)cc1F. The van der Waals surface area contributed by atoms with Gasteiger partial charge in [0.05, 0.1) is 0 Å². The molecule has 0 spiro atoms. The molecule has 0 radical (unpaired) electrons. The highest BCUT2D eigenvalue weighted by Gasteiger charge is 2.18. The average molecular weight is 182 g/mol. The van der Waals surface area contributed by atoms with Crippen LogP contribution in [0.3, 0.4) is 0 Å². The molecule has 1 aromatic rings. The van der Waals surface area contributed by atoms with E-state index in [0.29, 0.717) is 12.1 Å². The van der Waals surface area contributed by atoms with E-state index in [9.17, 15) is 4.39 Å². The zero-order chi connectivity index (χ0) is 10.1. The Hall–Kier alpha value is -0.930. The lowest BCUT2D eigenvalue weighted by Gasteiger charge is -2.20. The standard InChI is InChI=1S/C10H15FN2/c1-10(2,13)8-4-3-7(6-12)5-9(8)11/h3-5H,6,12-13H2,1-2H3. The summed E-state index contributed by atoms with van der Waals surface area (Å²) >= 11 is 0. The minimum Gasteiger partial charge on any atom is -0.326 e. The van der Waals surface area contributed by atoms with E-state index < -0.39 is 5.54 Å². The van der Waals surface area contributed by atoms with Gasteiger partial charge in [0.25, 0.3) is 0 Å². The average Bonchev–Trinajstić information content (AvgIpc) is 2.01. The van der Waals surface area contributed by atoms with Crippen LogP contribution in [-0.2, 0) is 12.1 Å². The fourth-order valence-corrected chi connectivity index (χ4v) is 1.21. The minimum absolute atomic E-state index is 0.282. The van der Waals surface area contributed by atoms with Crippen LogP contribution in [-0.4, -0.2) is 0 Å². The molecule has 0 saturated carbocycles. The van der Waals surface area contributed by atoms with Crippen LogP contribution in [0.15, 0.2) is 18.2 Å². The molecule has 1 rings (SSSR count). The Bertz CT molecular complexity index is 302. The van der Waals surface area contributed by atoms with Crippen molar-refractivity contribution in [1.29, 1.82) is 0 Å². The zero-order valence-corrected chi connectivity index (χ0v) is 7.97. The lowest BCUT2D eigenvalue weighted by Crippen LogP contribution is -2.29. The molecule has 1 aromatic carbocycles. The molecule has 0 fully saturated rings. The first-order chi connectivity index (χ1) is 5.95. The largest absolute Gasteiger partial charge is 0.326 e. The highest BCUT2D eigenvalue weighted by Crippen LogP contribution is 2.20. The van der Waals surface area contributed by atoms with E-state index in [0.717, 1.165) is 5.56 Å². The number of halogens is 1. The molecule has 2 nitrogen and oxygen atoms in total. The Balaban J connectivity index is 3.13. The third kappa shape index (κ3) is 2.26. The lowest BCUT2D eigenvalue weighted by atomic mass is 9.94. The molecule has 0 amide bonds. The van der Waals surface area contributed by atoms with E-state index in [1.54, 1.807) is 26.0 Å². The van der Waals surface area contributed by atoms with Crippen molar-refractivity contribution in [3.8, 4) is 0 Å². The van der Waals surface area contributed by atoms with E-state index >= 15 is 0 Å². The third-order valence-electron chi connectivity index (χ3n) is 1.96. The molecule has 0 aliphatic heterocycles. The Morgan fingerprint density at radius 2 is 2.00 bits per heavy atom. The van der Waals surface area contributed by atoms with Gasteiger partial charge in [0.1, 0.15) is 5.82 Å². The maximum atomic E-state index is 13.4. The summed E-state index contributed by atoms with van der Waals surface area (Å²) in [6.45, 7) is 3.89. The zero-order valence-electron chi connectivity index (χ0n) is 7.97. The van der Waals surface area contributed by atoms with Crippen molar-refractivity contribution in [2.24, 2.45) is 11.5 Å². The molecule has 0 bridgehead atoms. The molecule has 3 heteroatoms. The first-order valence-electron chi connectivity index (χ1n) is 4.23. The maximum absolute atomic E-state index is 13.4. The molecular weight excluding hydrogens is 167 g/mol. The fourth-order valence-electron chi connectivity index (χ4n) is 1.21. The highest BCUT2D eigenvalue weighted by molar-refractivity contribution is 5.28. The predicted octanol–water partition coefficient (Wildman–Crippen LogP) is 1.48. The van der Waals surface area contributed by atoms with Gasteiger partial charge in [-0.3, -0.25) is 0 Å². The molecule has 0 saturated heterocycles. The molecule has 0 atom stereocenters. The molecule has 0 heterocycles. The van der Waals surface area contributed by atoms with Gasteiger partial charge in [0.2, 0.25) is 0 Å². The van der Waals surface area contributed by atoms with Crippen LogP contribution in [0, 0.1) is 5.82 Å². The number of hydrogen-bond donors (Lipinski definition) is 2. The Kier molecular flexibility index (Phi) is 2.68. The summed E-state index contributed by atoms with van der Waals surface area (Å²) in [7, 11) is 0. The van der Waals surface area contributed by atoms with Crippen molar-refractivity contribution in [1.82, 2.24) is 0 Å². The molecule has 0 unspecified atom stereocenters. The van der Waals surface area contributed by atoms with Crippen molar-refractivity contribution >= 4 is 0 Å². The summed E-state index contributed by atoms with van der Waals surface area (Å²) in [5, 5.41) is 0. The summed E-state index contributed by atoms with van der Waals surface area (Å²) < 4.78 is 13.4. The Morgan fingerprint density at radius 1 is 1.38 bits per heavy atom. The van der Waals surface area contributed by atoms with Gasteiger partial charge >= 0.3 is 0 Å². The van der Waals surface area contributed by atoms with E-state index in [1.807, 2.05) is 0 Å². The number of hydrogen-bond acceptors (Lipinski definition) is 2. The van der Waals surface area contributed by atoms with Crippen LogP contribution in [0.25, 0.3) is 0 Å². The van der Waals surface area contributed by atoms with Gasteiger partial charge in [0.15, 0.2) is 0 Å². The molecule has 0 aromatic heterocycles. The molecule has 72 valence electrons. The van der Waals surface area contributed by atoms with Crippen LogP contribution in [0.5, 0.6) is 0 Å². The number of benzene rings is 1. The smallest absolute Gasteiger partial charge is 0.128 e. The summed E-state index contributed by atoms with van der Waals surface area (Å²) in [4.78, 5) is 0. The van der Waals surface area contributed by atoms with Crippen LogP contribution in [0.1, 0.15) is 25.0 Å². The van der Waals surface area contributed by atoms with Crippen molar-refractivity contribution in [3.63, 3.8) is 0 Å². The second kappa shape index (κ2) is 3.44. The van der Waals surface area contributed by atoms with Crippen LogP contribution in [0.4, 0.5) is 4.39 Å². The predicted molar refractivity (Wildman–Crippen MR) is 51.5 cm³/mol. The summed E-state index contributed by atoms with van der Waals surface area (Å²) in [5.74, 6) is -0.282. The van der Waals surface area contributed by atoms with E-state index in [1.165, 1.54) is 6.07 Å². The first kappa shape index (κ1) is 10.2. The van der Waals surface area contributed by atoms with Crippen molar-refractivity contribution in [2.75, 3.05) is 0 Å². The summed E-state index contributed by atoms with van der Waals surface area (Å²) in [5.41, 5.74) is 11.8. The van der Waals surface area contributed by atoms with Gasteiger partial charge in [-0.25, -0.2) is 4.39 Å². The third-order valence-corrected chi connectivity index (χ3v) is 1.96. The minimum atomic E-state index is -0.642. The van der Waals surface area contributed by atoms with Gasteiger partial charge in [-0.1, -0.05) is 12.1 Å². The fraction of sp³-hybridized carbons (Fsp3) is 0.400. The molecule has 0 aliphatic carbocycles. The summed E-state index contributed by atoms with van der Waals surface area (Å²) in [6, 6.07) is 4.93. The van der Waals surface area contributed by atoms with E-state index in [2.05, 4.69) is 0 Å². The number of rotatable bonds is 2. The van der Waals surface area contributed by atoms with Crippen molar-refractivity contribution in [2.45, 2.75) is 25.9 Å². The Labute approximate surface area is 77.7 Å². The normalized spacial score (nSPS) is 11.8. The molecule has 13 heavy (non-hydrogen) atoms. The number of nitrogens with two attached hydrogens (primary N) is 2. The van der Waals surface area contributed by atoms with Crippen LogP contribution in [0.2, 0.25) is 0 Å². The van der Waals surface area contributed by atoms with Gasteiger partial charge in [-0.2, -0.15) is 0 Å². The molecular formula is C10H15FN2. The molecule has 4 N–H and O–H groups in total. The van der Waals surface area contributed by atoms with E-state index in [4.69, 9.17) is 11.5 Å². The maximum Gasteiger partial charge on any atom is 0.128 e. The van der Waals surface area contributed by atoms with Crippen molar-refractivity contribution in [3.05, 3.63) is 35.1 Å². The van der Waals surface area contributed by atoms with Gasteiger partial charge in [-0.15, -0.1) is 0 Å². The van der Waals surface area contributed by atoms with Crippen molar-refractivity contribution < 1.29 is 4.39 Å². The van der Waals surface area contributed by atoms with Gasteiger partial charge < -0.3 is 11.5 Å². The van der Waals surface area contributed by atoms with Crippen LogP contribution < -0.4 is 11.5 Å². The first-order valence-corrected chi connectivity index (χ1v) is 4.23. The quantitative estimate of drug-likeness (QED) is 0.727. The topological polar surface area (TPSA) is 52.0 Å². The highest BCUT2D eigenvalue weighted by atomic mass is 19.1. The monoisotopic (exact) mass is 182 g/mol. The Morgan fingerprint density at radius 3 is 2.38 bits per heavy atom. The van der Waals surface area contributed by atoms with Crippen LogP contribution >= 0.6 is 0 Å². The summed E-state index contributed by atoms with van der Waals surface area (Å²) in [6.07, 6.45) is 0. The van der Waals surface area contributed by atoms with Gasteiger partial charge in [0, 0.05) is 17.6 Å². The van der Waals surface area contributed by atoms with Gasteiger partial charge in [-0.05, 0) is 25.5 Å². The second-order valence-electron chi connectivity index (χ2n) is 3.74.